The number of thioether (sulfide) groups is 1. The fourth-order valence-corrected chi connectivity index (χ4v) is 4.43. The number of halogens is 1. The summed E-state index contributed by atoms with van der Waals surface area (Å²) in [5.74, 6) is 0.445. The predicted molar refractivity (Wildman–Crippen MR) is 131 cm³/mol. The minimum atomic E-state index is -0.300. The Labute approximate surface area is 202 Å². The molecule has 7 heteroatoms. The molecule has 0 bridgehead atoms. The van der Waals surface area contributed by atoms with Gasteiger partial charge in [-0.15, -0.1) is 0 Å². The summed E-state index contributed by atoms with van der Waals surface area (Å²) >= 11 is 0.945. The Kier molecular flexibility index (Phi) is 7.65. The molecule has 1 heterocycles. The van der Waals surface area contributed by atoms with Crippen LogP contribution in [-0.4, -0.2) is 29.7 Å². The normalized spacial score (nSPS) is 14.6. The Morgan fingerprint density at radius 3 is 2.44 bits per heavy atom. The van der Waals surface area contributed by atoms with Gasteiger partial charge in [-0.3, -0.25) is 14.5 Å². The molecule has 1 aliphatic heterocycles. The highest BCUT2D eigenvalue weighted by Crippen LogP contribution is 2.35. The van der Waals surface area contributed by atoms with Crippen LogP contribution in [0.5, 0.6) is 11.5 Å². The summed E-state index contributed by atoms with van der Waals surface area (Å²) in [5, 5.41) is -0.254. The summed E-state index contributed by atoms with van der Waals surface area (Å²) in [6.07, 6.45) is 3.20. The van der Waals surface area contributed by atoms with E-state index in [-0.39, 0.29) is 23.6 Å². The summed E-state index contributed by atoms with van der Waals surface area (Å²) in [5.41, 5.74) is 2.73. The third-order valence-electron chi connectivity index (χ3n) is 5.36. The summed E-state index contributed by atoms with van der Waals surface area (Å²) < 4.78 is 24.3. The third kappa shape index (κ3) is 5.85. The SMILES string of the molecule is COc1cc(/C=C2/SC(=O)N(CCCc3ccccc3)C2=O)ccc1OCc1ccc(F)cc1. The van der Waals surface area contributed by atoms with Crippen molar-refractivity contribution in [2.75, 3.05) is 13.7 Å². The van der Waals surface area contributed by atoms with Crippen LogP contribution in [0, 0.1) is 5.82 Å². The number of carbonyl (C=O) groups excluding carboxylic acids is 2. The van der Waals surface area contributed by atoms with Gasteiger partial charge in [0.15, 0.2) is 11.5 Å². The molecule has 0 atom stereocenters. The number of aryl methyl sites for hydroxylation is 1. The van der Waals surface area contributed by atoms with Gasteiger partial charge in [0.25, 0.3) is 11.1 Å². The highest BCUT2D eigenvalue weighted by molar-refractivity contribution is 8.18. The molecule has 1 saturated heterocycles. The van der Waals surface area contributed by atoms with Gasteiger partial charge in [-0.25, -0.2) is 4.39 Å². The second-order valence-electron chi connectivity index (χ2n) is 7.75. The number of methoxy groups -OCH3 is 1. The maximum absolute atomic E-state index is 13.1. The van der Waals surface area contributed by atoms with E-state index in [1.54, 1.807) is 36.4 Å². The predicted octanol–water partition coefficient (Wildman–Crippen LogP) is 6.08. The first-order chi connectivity index (χ1) is 16.5. The van der Waals surface area contributed by atoms with E-state index in [0.717, 1.165) is 29.3 Å². The number of rotatable bonds is 9. The molecule has 3 aromatic carbocycles. The fraction of sp³-hybridized carbons (Fsp3) is 0.185. The number of imide groups is 1. The topological polar surface area (TPSA) is 55.8 Å². The summed E-state index contributed by atoms with van der Waals surface area (Å²) in [7, 11) is 1.53. The lowest BCUT2D eigenvalue weighted by atomic mass is 10.1. The van der Waals surface area contributed by atoms with Crippen molar-refractivity contribution in [3.63, 3.8) is 0 Å². The molecule has 0 radical (unpaired) electrons. The first-order valence-corrected chi connectivity index (χ1v) is 11.7. The van der Waals surface area contributed by atoms with Gasteiger partial charge in [-0.1, -0.05) is 48.5 Å². The molecule has 5 nitrogen and oxygen atoms in total. The van der Waals surface area contributed by atoms with Crippen molar-refractivity contribution < 1.29 is 23.5 Å². The molecule has 2 amide bonds. The molecule has 174 valence electrons. The highest BCUT2D eigenvalue weighted by Gasteiger charge is 2.34. The van der Waals surface area contributed by atoms with Gasteiger partial charge in [-0.2, -0.15) is 0 Å². The Morgan fingerprint density at radius 2 is 1.71 bits per heavy atom. The van der Waals surface area contributed by atoms with Gasteiger partial charge >= 0.3 is 0 Å². The van der Waals surface area contributed by atoms with Crippen molar-refractivity contribution >= 4 is 29.0 Å². The number of nitrogens with zero attached hydrogens (tertiary/aromatic N) is 1. The van der Waals surface area contributed by atoms with Crippen LogP contribution in [0.25, 0.3) is 6.08 Å². The van der Waals surface area contributed by atoms with E-state index >= 15 is 0 Å². The zero-order chi connectivity index (χ0) is 23.9. The van der Waals surface area contributed by atoms with Crippen LogP contribution in [0.2, 0.25) is 0 Å². The van der Waals surface area contributed by atoms with Gasteiger partial charge in [-0.05, 0) is 71.6 Å². The lowest BCUT2D eigenvalue weighted by molar-refractivity contribution is -0.122. The summed E-state index contributed by atoms with van der Waals surface area (Å²) in [4.78, 5) is 26.9. The molecular weight excluding hydrogens is 453 g/mol. The number of benzene rings is 3. The quantitative estimate of drug-likeness (QED) is 0.350. The number of hydrogen-bond acceptors (Lipinski definition) is 5. The zero-order valence-electron chi connectivity index (χ0n) is 18.7. The molecule has 0 unspecified atom stereocenters. The zero-order valence-corrected chi connectivity index (χ0v) is 19.5. The smallest absolute Gasteiger partial charge is 0.293 e. The minimum Gasteiger partial charge on any atom is -0.493 e. The molecule has 34 heavy (non-hydrogen) atoms. The van der Waals surface area contributed by atoms with Crippen LogP contribution in [0.4, 0.5) is 9.18 Å². The average molecular weight is 478 g/mol. The first-order valence-electron chi connectivity index (χ1n) is 10.9. The van der Waals surface area contributed by atoms with Crippen LogP contribution in [0.3, 0.4) is 0 Å². The standard InChI is InChI=1S/C27H24FNO4S/c1-32-24-16-21(11-14-23(24)33-18-20-9-12-22(28)13-10-20)17-25-26(30)29(27(31)34-25)15-5-8-19-6-3-2-4-7-19/h2-4,6-7,9-14,16-17H,5,8,15,18H2,1H3/b25-17+. The van der Waals surface area contributed by atoms with Crippen molar-refractivity contribution in [2.24, 2.45) is 0 Å². The third-order valence-corrected chi connectivity index (χ3v) is 6.26. The van der Waals surface area contributed by atoms with E-state index in [1.165, 1.54) is 29.7 Å². The van der Waals surface area contributed by atoms with Gasteiger partial charge in [0.1, 0.15) is 12.4 Å². The van der Waals surface area contributed by atoms with Crippen molar-refractivity contribution in [1.82, 2.24) is 4.90 Å². The number of hydrogen-bond donors (Lipinski definition) is 0. The van der Waals surface area contributed by atoms with Crippen LogP contribution in [0.15, 0.2) is 77.7 Å². The van der Waals surface area contributed by atoms with E-state index < -0.39 is 0 Å². The first kappa shape index (κ1) is 23.6. The summed E-state index contributed by atoms with van der Waals surface area (Å²) in [6, 6.07) is 21.4. The molecule has 0 N–H and O–H groups in total. The molecule has 0 spiro atoms. The van der Waals surface area contributed by atoms with Crippen LogP contribution >= 0.6 is 11.8 Å². The monoisotopic (exact) mass is 477 g/mol. The Hall–Kier alpha value is -3.58. The molecule has 1 aliphatic rings. The Morgan fingerprint density at radius 1 is 0.941 bits per heavy atom. The lowest BCUT2D eigenvalue weighted by Crippen LogP contribution is -2.29. The van der Waals surface area contributed by atoms with Crippen molar-refractivity contribution in [3.05, 3.63) is 100 Å². The fourth-order valence-electron chi connectivity index (χ4n) is 3.57. The van der Waals surface area contributed by atoms with E-state index in [2.05, 4.69) is 0 Å². The van der Waals surface area contributed by atoms with Gasteiger partial charge in [0, 0.05) is 6.54 Å². The number of amides is 2. The maximum atomic E-state index is 13.1. The molecule has 4 rings (SSSR count). The minimum absolute atomic E-state index is 0.254. The number of carbonyl (C=O) groups is 2. The van der Waals surface area contributed by atoms with Crippen LogP contribution < -0.4 is 9.47 Å². The summed E-state index contributed by atoms with van der Waals surface area (Å²) in [6.45, 7) is 0.647. The Balaban J connectivity index is 1.39. The molecule has 0 aromatic heterocycles. The van der Waals surface area contributed by atoms with Gasteiger partial charge in [0.05, 0.1) is 12.0 Å². The van der Waals surface area contributed by atoms with Gasteiger partial charge < -0.3 is 9.47 Å². The van der Waals surface area contributed by atoms with E-state index in [9.17, 15) is 14.0 Å². The second-order valence-corrected chi connectivity index (χ2v) is 8.74. The van der Waals surface area contributed by atoms with E-state index in [0.29, 0.717) is 29.4 Å². The van der Waals surface area contributed by atoms with Crippen LogP contribution in [-0.2, 0) is 17.8 Å². The van der Waals surface area contributed by atoms with Crippen molar-refractivity contribution in [1.29, 1.82) is 0 Å². The number of ether oxygens (including phenoxy) is 2. The maximum Gasteiger partial charge on any atom is 0.293 e. The van der Waals surface area contributed by atoms with Gasteiger partial charge in [0.2, 0.25) is 0 Å². The average Bonchev–Trinajstić information content (AvgIpc) is 3.12. The Bertz CT molecular complexity index is 1200. The molecule has 0 saturated carbocycles. The van der Waals surface area contributed by atoms with Crippen LogP contribution in [0.1, 0.15) is 23.1 Å². The molecule has 3 aromatic rings. The second kappa shape index (κ2) is 11.0. The molecular formula is C27H24FNO4S. The lowest BCUT2D eigenvalue weighted by Gasteiger charge is -2.12. The van der Waals surface area contributed by atoms with Crippen molar-refractivity contribution in [3.8, 4) is 11.5 Å². The van der Waals surface area contributed by atoms with Crippen molar-refractivity contribution in [2.45, 2.75) is 19.4 Å². The largest absolute Gasteiger partial charge is 0.493 e. The molecule has 0 aliphatic carbocycles. The van der Waals surface area contributed by atoms with E-state index in [1.807, 2.05) is 30.3 Å². The van der Waals surface area contributed by atoms with E-state index in [4.69, 9.17) is 9.47 Å². The highest BCUT2D eigenvalue weighted by atomic mass is 32.2. The molecule has 1 fully saturated rings.